The summed E-state index contributed by atoms with van der Waals surface area (Å²) in [7, 11) is 3.45. The topological polar surface area (TPSA) is 50.8 Å². The molecule has 0 atom stereocenters. The average molecular weight is 443 g/mol. The number of methoxy groups -OCH3 is 1. The van der Waals surface area contributed by atoms with Crippen molar-refractivity contribution in [3.05, 3.63) is 58.1 Å². The maximum absolute atomic E-state index is 12.1. The molecule has 2 aromatic carbocycles. The quantitative estimate of drug-likeness (QED) is 0.641. The second kappa shape index (κ2) is 10.2. The average Bonchev–Trinajstić information content (AvgIpc) is 2.61. The predicted molar refractivity (Wildman–Crippen MR) is 102 cm³/mol. The van der Waals surface area contributed by atoms with E-state index >= 15 is 0 Å². The molecular formula is C19H21BrF2N2O3. The number of nitrogens with one attached hydrogen (secondary N) is 1. The lowest BCUT2D eigenvalue weighted by Crippen LogP contribution is -2.34. The standard InChI is InChI=1S/C19H21BrF2N2O3/c1-24(11-14-9-15(20)5-8-17(14)26-2)12-18(25)23-10-13-3-6-16(7-4-13)27-19(21)22/h3-9,19H,10-12H2,1-2H3,(H,23,25). The van der Waals surface area contributed by atoms with Crippen LogP contribution in [-0.4, -0.2) is 38.1 Å². The maximum atomic E-state index is 12.1. The fourth-order valence-corrected chi connectivity index (χ4v) is 2.92. The summed E-state index contributed by atoms with van der Waals surface area (Å²) in [5.41, 5.74) is 1.76. The highest BCUT2D eigenvalue weighted by Crippen LogP contribution is 2.24. The van der Waals surface area contributed by atoms with Gasteiger partial charge < -0.3 is 14.8 Å². The summed E-state index contributed by atoms with van der Waals surface area (Å²) < 4.78 is 34.8. The van der Waals surface area contributed by atoms with Crippen LogP contribution in [0.2, 0.25) is 0 Å². The number of amides is 1. The molecule has 0 spiro atoms. The van der Waals surface area contributed by atoms with Crippen molar-refractivity contribution in [1.29, 1.82) is 0 Å². The number of ether oxygens (including phenoxy) is 2. The van der Waals surface area contributed by atoms with E-state index in [2.05, 4.69) is 26.0 Å². The molecule has 0 aromatic heterocycles. The van der Waals surface area contributed by atoms with Crippen molar-refractivity contribution < 1.29 is 23.0 Å². The molecule has 0 fully saturated rings. The summed E-state index contributed by atoms with van der Waals surface area (Å²) in [5.74, 6) is 0.707. The van der Waals surface area contributed by atoms with Crippen molar-refractivity contribution in [2.45, 2.75) is 19.7 Å². The van der Waals surface area contributed by atoms with Crippen molar-refractivity contribution in [2.24, 2.45) is 0 Å². The van der Waals surface area contributed by atoms with E-state index in [0.29, 0.717) is 13.1 Å². The fraction of sp³-hybridized carbons (Fsp3) is 0.316. The molecule has 146 valence electrons. The van der Waals surface area contributed by atoms with E-state index in [9.17, 15) is 13.6 Å². The zero-order valence-corrected chi connectivity index (χ0v) is 16.6. The number of alkyl halides is 2. The molecule has 0 aliphatic carbocycles. The van der Waals surface area contributed by atoms with E-state index in [0.717, 1.165) is 21.3 Å². The molecule has 0 saturated heterocycles. The number of carbonyl (C=O) groups is 1. The normalized spacial score (nSPS) is 10.9. The Balaban J connectivity index is 1.82. The van der Waals surface area contributed by atoms with E-state index in [4.69, 9.17) is 4.74 Å². The Morgan fingerprint density at radius 3 is 2.56 bits per heavy atom. The van der Waals surface area contributed by atoms with Crippen molar-refractivity contribution in [1.82, 2.24) is 10.2 Å². The number of rotatable bonds is 9. The van der Waals surface area contributed by atoms with Gasteiger partial charge in [0.25, 0.3) is 0 Å². The Labute approximate surface area is 165 Å². The Bertz CT molecular complexity index is 757. The van der Waals surface area contributed by atoms with E-state index in [1.165, 1.54) is 12.1 Å². The third-order valence-electron chi connectivity index (χ3n) is 3.73. The van der Waals surface area contributed by atoms with Crippen molar-refractivity contribution in [2.75, 3.05) is 20.7 Å². The van der Waals surface area contributed by atoms with Crippen molar-refractivity contribution in [3.63, 3.8) is 0 Å². The monoisotopic (exact) mass is 442 g/mol. The highest BCUT2D eigenvalue weighted by Gasteiger charge is 2.11. The van der Waals surface area contributed by atoms with Gasteiger partial charge in [-0.1, -0.05) is 28.1 Å². The third kappa shape index (κ3) is 7.15. The van der Waals surface area contributed by atoms with Crippen LogP contribution < -0.4 is 14.8 Å². The van der Waals surface area contributed by atoms with Crippen LogP contribution in [0.4, 0.5) is 8.78 Å². The second-order valence-electron chi connectivity index (χ2n) is 5.93. The third-order valence-corrected chi connectivity index (χ3v) is 4.23. The van der Waals surface area contributed by atoms with Gasteiger partial charge in [-0.25, -0.2) is 0 Å². The van der Waals surface area contributed by atoms with Crippen LogP contribution >= 0.6 is 15.9 Å². The van der Waals surface area contributed by atoms with Gasteiger partial charge in [-0.2, -0.15) is 8.78 Å². The molecule has 0 radical (unpaired) electrons. The van der Waals surface area contributed by atoms with Gasteiger partial charge in [-0.15, -0.1) is 0 Å². The lowest BCUT2D eigenvalue weighted by molar-refractivity contribution is -0.122. The minimum Gasteiger partial charge on any atom is -0.496 e. The molecule has 1 amide bonds. The second-order valence-corrected chi connectivity index (χ2v) is 6.84. The van der Waals surface area contributed by atoms with Gasteiger partial charge in [0.2, 0.25) is 5.91 Å². The molecule has 8 heteroatoms. The van der Waals surface area contributed by atoms with Crippen LogP contribution in [0.1, 0.15) is 11.1 Å². The van der Waals surface area contributed by atoms with Crippen LogP contribution in [0, 0.1) is 0 Å². The van der Waals surface area contributed by atoms with Gasteiger partial charge >= 0.3 is 6.61 Å². The molecular weight excluding hydrogens is 422 g/mol. The number of benzene rings is 2. The van der Waals surface area contributed by atoms with Gasteiger partial charge in [0.1, 0.15) is 11.5 Å². The Hall–Kier alpha value is -2.19. The first-order chi connectivity index (χ1) is 12.9. The van der Waals surface area contributed by atoms with Crippen LogP contribution in [0.5, 0.6) is 11.5 Å². The molecule has 0 bridgehead atoms. The molecule has 1 N–H and O–H groups in total. The molecule has 0 unspecified atom stereocenters. The lowest BCUT2D eigenvalue weighted by atomic mass is 10.2. The maximum Gasteiger partial charge on any atom is 0.387 e. The minimum absolute atomic E-state index is 0.0859. The number of hydrogen-bond donors (Lipinski definition) is 1. The molecule has 0 heterocycles. The van der Waals surface area contributed by atoms with Gasteiger partial charge in [-0.3, -0.25) is 9.69 Å². The Kier molecular flexibility index (Phi) is 7.99. The molecule has 27 heavy (non-hydrogen) atoms. The first kappa shape index (κ1) is 21.1. The van der Waals surface area contributed by atoms with Gasteiger partial charge in [0, 0.05) is 23.1 Å². The fourth-order valence-electron chi connectivity index (χ4n) is 2.51. The van der Waals surface area contributed by atoms with Crippen LogP contribution in [-0.2, 0) is 17.9 Å². The van der Waals surface area contributed by atoms with Gasteiger partial charge in [-0.05, 0) is 42.9 Å². The van der Waals surface area contributed by atoms with Gasteiger partial charge in [0.05, 0.1) is 13.7 Å². The number of carbonyl (C=O) groups excluding carboxylic acids is 1. The Morgan fingerprint density at radius 1 is 1.22 bits per heavy atom. The molecule has 2 rings (SSSR count). The van der Waals surface area contributed by atoms with E-state index < -0.39 is 6.61 Å². The summed E-state index contributed by atoms with van der Waals surface area (Å²) in [6.07, 6.45) is 0. The Morgan fingerprint density at radius 2 is 1.93 bits per heavy atom. The summed E-state index contributed by atoms with van der Waals surface area (Å²) in [4.78, 5) is 14.0. The lowest BCUT2D eigenvalue weighted by Gasteiger charge is -2.18. The van der Waals surface area contributed by atoms with E-state index in [1.54, 1.807) is 19.2 Å². The zero-order chi connectivity index (χ0) is 19.8. The molecule has 0 aliphatic rings. The number of nitrogens with zero attached hydrogens (tertiary/aromatic N) is 1. The number of halogens is 3. The van der Waals surface area contributed by atoms with E-state index in [1.807, 2.05) is 30.1 Å². The van der Waals surface area contributed by atoms with Crippen LogP contribution in [0.3, 0.4) is 0 Å². The van der Waals surface area contributed by atoms with Crippen molar-refractivity contribution >= 4 is 21.8 Å². The minimum atomic E-state index is -2.85. The number of likely N-dealkylation sites (N-methyl/N-ethyl adjacent to an activating group) is 1. The number of hydrogen-bond acceptors (Lipinski definition) is 4. The first-order valence-electron chi connectivity index (χ1n) is 8.19. The molecule has 5 nitrogen and oxygen atoms in total. The SMILES string of the molecule is COc1ccc(Br)cc1CN(C)CC(=O)NCc1ccc(OC(F)F)cc1. The summed E-state index contributed by atoms with van der Waals surface area (Å²) in [6.45, 7) is -1.78. The predicted octanol–water partition coefficient (Wildman–Crippen LogP) is 3.81. The van der Waals surface area contributed by atoms with Crippen LogP contribution in [0.25, 0.3) is 0 Å². The highest BCUT2D eigenvalue weighted by atomic mass is 79.9. The van der Waals surface area contributed by atoms with Gasteiger partial charge in [0.15, 0.2) is 0 Å². The largest absolute Gasteiger partial charge is 0.496 e. The van der Waals surface area contributed by atoms with Crippen molar-refractivity contribution in [3.8, 4) is 11.5 Å². The molecule has 0 aliphatic heterocycles. The molecule has 0 saturated carbocycles. The summed E-state index contributed by atoms with van der Waals surface area (Å²) in [5, 5.41) is 2.81. The first-order valence-corrected chi connectivity index (χ1v) is 8.98. The zero-order valence-electron chi connectivity index (χ0n) is 15.0. The highest BCUT2D eigenvalue weighted by molar-refractivity contribution is 9.10. The molecule has 2 aromatic rings. The summed E-state index contributed by atoms with van der Waals surface area (Å²) >= 11 is 3.43. The summed E-state index contributed by atoms with van der Waals surface area (Å²) in [6, 6.07) is 11.9. The van der Waals surface area contributed by atoms with E-state index in [-0.39, 0.29) is 18.2 Å². The smallest absolute Gasteiger partial charge is 0.387 e. The van der Waals surface area contributed by atoms with Crippen LogP contribution in [0.15, 0.2) is 46.9 Å².